The van der Waals surface area contributed by atoms with Crippen LogP contribution in [0.1, 0.15) is 0 Å². The van der Waals surface area contributed by atoms with Gasteiger partial charge in [-0.3, -0.25) is 0 Å². The Bertz CT molecular complexity index is 2760. The average Bonchev–Trinajstić information content (AvgIpc) is 3.85. The Morgan fingerprint density at radius 2 is 1.15 bits per heavy atom. The molecule has 0 fully saturated rings. The minimum absolute atomic E-state index is 0.637. The fourth-order valence-corrected chi connectivity index (χ4v) is 7.97. The zero-order chi connectivity index (χ0) is 31.6. The maximum Gasteiger partial charge on any atom is 0.227 e. The second-order valence-electron chi connectivity index (χ2n) is 12.0. The fraction of sp³-hybridized carbons (Fsp3) is 0. The number of thiophene rings is 1. The number of hydrogen-bond acceptors (Lipinski definition) is 5. The zero-order valence-electron chi connectivity index (χ0n) is 25.6. The van der Waals surface area contributed by atoms with Gasteiger partial charge in [-0.2, -0.15) is 0 Å². The van der Waals surface area contributed by atoms with Crippen LogP contribution in [-0.2, 0) is 0 Å². The quantitative estimate of drug-likeness (QED) is 0.189. The lowest BCUT2D eigenvalue weighted by Crippen LogP contribution is -2.09. The van der Waals surface area contributed by atoms with Gasteiger partial charge in [-0.05, 0) is 90.0 Å². The highest BCUT2D eigenvalue weighted by molar-refractivity contribution is 7.26. The van der Waals surface area contributed by atoms with Gasteiger partial charge in [0.05, 0.1) is 0 Å². The van der Waals surface area contributed by atoms with Crippen molar-refractivity contribution in [2.45, 2.75) is 0 Å². The molecular weight excluding hydrogens is 609 g/mol. The van der Waals surface area contributed by atoms with Crippen molar-refractivity contribution in [3.05, 3.63) is 158 Å². The van der Waals surface area contributed by atoms with E-state index < -0.39 is 0 Å². The molecular formula is C43H26N2O2S. The Morgan fingerprint density at radius 3 is 2.00 bits per heavy atom. The number of rotatable bonds is 5. The molecule has 5 heteroatoms. The van der Waals surface area contributed by atoms with E-state index in [1.165, 1.54) is 25.9 Å². The zero-order valence-corrected chi connectivity index (χ0v) is 26.4. The number of benzene rings is 7. The van der Waals surface area contributed by atoms with Crippen molar-refractivity contribution in [3.63, 3.8) is 0 Å². The second-order valence-corrected chi connectivity index (χ2v) is 13.1. The first kappa shape index (κ1) is 27.0. The minimum atomic E-state index is 0.637. The average molecular weight is 635 g/mol. The molecule has 0 atom stereocenters. The van der Waals surface area contributed by atoms with E-state index in [-0.39, 0.29) is 0 Å². The number of nitrogens with zero attached hydrogens (tertiary/aromatic N) is 2. The molecule has 10 rings (SSSR count). The largest absolute Gasteiger partial charge is 0.456 e. The fourth-order valence-electron chi connectivity index (χ4n) is 6.85. The van der Waals surface area contributed by atoms with Gasteiger partial charge in [0.25, 0.3) is 0 Å². The third kappa shape index (κ3) is 4.33. The van der Waals surface area contributed by atoms with Crippen molar-refractivity contribution in [2.75, 3.05) is 4.90 Å². The molecule has 0 aliphatic heterocycles. The Morgan fingerprint density at radius 1 is 0.458 bits per heavy atom. The molecule has 0 radical (unpaired) electrons. The summed E-state index contributed by atoms with van der Waals surface area (Å²) < 4.78 is 14.9. The van der Waals surface area contributed by atoms with Crippen LogP contribution in [0.15, 0.2) is 167 Å². The van der Waals surface area contributed by atoms with E-state index in [1.807, 2.05) is 36.4 Å². The van der Waals surface area contributed by atoms with Gasteiger partial charge in [0, 0.05) is 53.6 Å². The van der Waals surface area contributed by atoms with Crippen molar-refractivity contribution in [1.82, 2.24) is 4.98 Å². The normalized spacial score (nSPS) is 11.8. The standard InChI is InChI=1S/C43H26N2O2S/c1-2-9-27(10-3-1)28-17-19-29(20-18-28)45(30-21-23-38-34(25-30)32-11-4-6-14-37(32)46-38)31-22-24-40-35(26-31)42-33(12-8-16-41(42)48-40)43-44-36-13-5-7-15-39(36)47-43/h1-26H. The van der Waals surface area contributed by atoms with Crippen LogP contribution in [0.2, 0.25) is 0 Å². The van der Waals surface area contributed by atoms with E-state index in [0.29, 0.717) is 5.89 Å². The molecule has 0 saturated carbocycles. The Hall–Kier alpha value is -6.17. The molecule has 10 aromatic rings. The number of fused-ring (bicyclic) bond motifs is 7. The van der Waals surface area contributed by atoms with Crippen LogP contribution in [0.5, 0.6) is 0 Å². The molecule has 7 aromatic carbocycles. The highest BCUT2D eigenvalue weighted by Gasteiger charge is 2.20. The summed E-state index contributed by atoms with van der Waals surface area (Å²) in [5.74, 6) is 0.637. The molecule has 226 valence electrons. The molecule has 3 aromatic heterocycles. The number of aromatic nitrogens is 1. The van der Waals surface area contributed by atoms with Crippen molar-refractivity contribution in [2.24, 2.45) is 0 Å². The lowest BCUT2D eigenvalue weighted by molar-refractivity contribution is 0.620. The van der Waals surface area contributed by atoms with Gasteiger partial charge in [-0.1, -0.05) is 78.9 Å². The van der Waals surface area contributed by atoms with E-state index >= 15 is 0 Å². The number of anilines is 3. The predicted molar refractivity (Wildman–Crippen MR) is 200 cm³/mol. The summed E-state index contributed by atoms with van der Waals surface area (Å²) >= 11 is 1.79. The van der Waals surface area contributed by atoms with Gasteiger partial charge in [0.2, 0.25) is 5.89 Å². The van der Waals surface area contributed by atoms with Crippen molar-refractivity contribution >= 4 is 81.6 Å². The highest BCUT2D eigenvalue weighted by atomic mass is 32.1. The summed E-state index contributed by atoms with van der Waals surface area (Å²) in [6, 6.07) is 55.1. The van der Waals surface area contributed by atoms with Crippen molar-refractivity contribution in [1.29, 1.82) is 0 Å². The van der Waals surface area contributed by atoms with Crippen LogP contribution in [-0.4, -0.2) is 4.98 Å². The van der Waals surface area contributed by atoms with Gasteiger partial charge in [-0.25, -0.2) is 4.98 Å². The van der Waals surface area contributed by atoms with E-state index in [4.69, 9.17) is 13.8 Å². The summed E-state index contributed by atoms with van der Waals surface area (Å²) in [6.07, 6.45) is 0. The number of furan rings is 1. The molecule has 0 aliphatic rings. The maximum atomic E-state index is 6.29. The first-order valence-electron chi connectivity index (χ1n) is 15.9. The Labute approximate surface area is 279 Å². The topological polar surface area (TPSA) is 42.4 Å². The first-order chi connectivity index (χ1) is 23.8. The number of hydrogen-bond donors (Lipinski definition) is 0. The van der Waals surface area contributed by atoms with Crippen LogP contribution in [0.25, 0.3) is 75.8 Å². The van der Waals surface area contributed by atoms with Gasteiger partial charge in [0.15, 0.2) is 5.58 Å². The summed E-state index contributed by atoms with van der Waals surface area (Å²) in [5, 5.41) is 4.53. The van der Waals surface area contributed by atoms with E-state index in [0.717, 1.165) is 61.1 Å². The summed E-state index contributed by atoms with van der Waals surface area (Å²) in [4.78, 5) is 7.21. The van der Waals surface area contributed by atoms with Crippen LogP contribution in [0.4, 0.5) is 17.1 Å². The van der Waals surface area contributed by atoms with Crippen LogP contribution >= 0.6 is 11.3 Å². The van der Waals surface area contributed by atoms with Crippen LogP contribution in [0, 0.1) is 0 Å². The van der Waals surface area contributed by atoms with Crippen molar-refractivity contribution in [3.8, 4) is 22.6 Å². The second kappa shape index (κ2) is 10.7. The summed E-state index contributed by atoms with van der Waals surface area (Å²) in [6.45, 7) is 0. The van der Waals surface area contributed by atoms with Crippen LogP contribution in [0.3, 0.4) is 0 Å². The number of oxazole rings is 1. The third-order valence-corrected chi connectivity index (χ3v) is 10.2. The summed E-state index contributed by atoms with van der Waals surface area (Å²) in [5.41, 5.74) is 9.97. The molecule has 48 heavy (non-hydrogen) atoms. The van der Waals surface area contributed by atoms with E-state index in [1.54, 1.807) is 11.3 Å². The molecule has 4 nitrogen and oxygen atoms in total. The Balaban J connectivity index is 1.18. The molecule has 0 unspecified atom stereocenters. The lowest BCUT2D eigenvalue weighted by atomic mass is 10.0. The molecule has 0 saturated heterocycles. The van der Waals surface area contributed by atoms with Gasteiger partial charge >= 0.3 is 0 Å². The maximum absolute atomic E-state index is 6.29. The van der Waals surface area contributed by atoms with E-state index in [2.05, 4.69) is 126 Å². The Kier molecular flexibility index (Phi) is 6.01. The first-order valence-corrected chi connectivity index (χ1v) is 16.8. The summed E-state index contributed by atoms with van der Waals surface area (Å²) in [7, 11) is 0. The van der Waals surface area contributed by atoms with Crippen LogP contribution < -0.4 is 4.90 Å². The molecule has 3 heterocycles. The third-order valence-electron chi connectivity index (χ3n) is 9.11. The van der Waals surface area contributed by atoms with Gasteiger partial charge in [-0.15, -0.1) is 11.3 Å². The molecule has 0 N–H and O–H groups in total. The SMILES string of the molecule is c1ccc(-c2ccc(N(c3ccc4oc5ccccc5c4c3)c3ccc4sc5cccc(-c6nc7ccccc7o6)c5c4c3)cc2)cc1. The highest BCUT2D eigenvalue weighted by Crippen LogP contribution is 2.45. The minimum Gasteiger partial charge on any atom is -0.456 e. The molecule has 0 aliphatic carbocycles. The van der Waals surface area contributed by atoms with Gasteiger partial charge in [0.1, 0.15) is 16.7 Å². The van der Waals surface area contributed by atoms with E-state index in [9.17, 15) is 0 Å². The monoisotopic (exact) mass is 634 g/mol. The predicted octanol–water partition coefficient (Wildman–Crippen LogP) is 12.9. The molecule has 0 amide bonds. The van der Waals surface area contributed by atoms with Crippen molar-refractivity contribution < 1.29 is 8.83 Å². The molecule has 0 bridgehead atoms. The number of para-hydroxylation sites is 3. The smallest absolute Gasteiger partial charge is 0.227 e. The van der Waals surface area contributed by atoms with Gasteiger partial charge < -0.3 is 13.7 Å². The molecule has 0 spiro atoms. The lowest BCUT2D eigenvalue weighted by Gasteiger charge is -2.26.